The van der Waals surface area contributed by atoms with Gasteiger partial charge in [0.05, 0.1) is 0 Å². The highest BCUT2D eigenvalue weighted by Gasteiger charge is 2.13. The van der Waals surface area contributed by atoms with Crippen LogP contribution in [-0.4, -0.2) is 17.6 Å². The van der Waals surface area contributed by atoms with E-state index in [0.717, 1.165) is 0 Å². The van der Waals surface area contributed by atoms with Gasteiger partial charge in [-0.3, -0.25) is 4.79 Å². The molecule has 0 aliphatic carbocycles. The molecule has 0 saturated heterocycles. The van der Waals surface area contributed by atoms with Gasteiger partial charge in [-0.25, -0.2) is 0 Å². The molecule has 1 rings (SSSR count). The van der Waals surface area contributed by atoms with Gasteiger partial charge >= 0.3 is 0 Å². The van der Waals surface area contributed by atoms with Crippen LogP contribution in [0.15, 0.2) is 24.3 Å². The number of nitrogens with one attached hydrogen (secondary N) is 1. The quantitative estimate of drug-likeness (QED) is 0.657. The van der Waals surface area contributed by atoms with Crippen LogP contribution in [0.1, 0.15) is 18.5 Å². The van der Waals surface area contributed by atoms with E-state index in [9.17, 15) is 4.79 Å². The highest BCUT2D eigenvalue weighted by Crippen LogP contribution is 2.14. The Morgan fingerprint density at radius 2 is 2.07 bits per heavy atom. The normalized spacial score (nSPS) is 12.1. The topological polar surface area (TPSA) is 75.4 Å². The lowest BCUT2D eigenvalue weighted by molar-refractivity contribution is -0.122. The van der Waals surface area contributed by atoms with Crippen molar-refractivity contribution in [1.29, 1.82) is 0 Å². The Balaban J connectivity index is 2.73. The van der Waals surface area contributed by atoms with E-state index in [1.807, 2.05) is 6.92 Å². The lowest BCUT2D eigenvalue weighted by Crippen LogP contribution is -2.33. The van der Waals surface area contributed by atoms with Crippen LogP contribution < -0.4 is 11.1 Å². The molecule has 4 N–H and O–H groups in total. The number of rotatable bonds is 3. The van der Waals surface area contributed by atoms with E-state index in [1.54, 1.807) is 12.1 Å². The van der Waals surface area contributed by atoms with Crippen molar-refractivity contribution in [2.75, 3.05) is 6.54 Å². The molecule has 0 spiro atoms. The minimum Gasteiger partial charge on any atom is -0.508 e. The lowest BCUT2D eigenvalue weighted by atomic mass is 10.1. The minimum absolute atomic E-state index is 0.164. The van der Waals surface area contributed by atoms with Crippen LogP contribution in [0.4, 0.5) is 0 Å². The molecule has 4 heteroatoms. The van der Waals surface area contributed by atoms with E-state index < -0.39 is 6.04 Å². The van der Waals surface area contributed by atoms with Gasteiger partial charge in [0.1, 0.15) is 11.8 Å². The average Bonchev–Trinajstić information content (AvgIpc) is 2.18. The summed E-state index contributed by atoms with van der Waals surface area (Å²) in [6.45, 7) is 2.39. The number of carbonyl (C=O) groups excluding carboxylic acids is 1. The largest absolute Gasteiger partial charge is 0.508 e. The van der Waals surface area contributed by atoms with Crippen LogP contribution in [0.25, 0.3) is 0 Å². The summed E-state index contributed by atoms with van der Waals surface area (Å²) in [5.74, 6) is -0.0463. The Bertz CT molecular complexity index is 308. The van der Waals surface area contributed by atoms with Gasteiger partial charge in [-0.2, -0.15) is 0 Å². The summed E-state index contributed by atoms with van der Waals surface area (Å²) in [7, 11) is 0. The van der Waals surface area contributed by atoms with Gasteiger partial charge in [-0.1, -0.05) is 12.1 Å². The van der Waals surface area contributed by atoms with E-state index in [1.165, 1.54) is 12.1 Å². The first-order valence-corrected chi connectivity index (χ1v) is 4.47. The number of amides is 1. The van der Waals surface area contributed by atoms with E-state index >= 15 is 0 Å². The Morgan fingerprint density at radius 1 is 1.50 bits per heavy atom. The first-order valence-electron chi connectivity index (χ1n) is 4.47. The number of phenols is 1. The molecule has 14 heavy (non-hydrogen) atoms. The molecule has 4 nitrogen and oxygen atoms in total. The first-order chi connectivity index (χ1) is 6.65. The highest BCUT2D eigenvalue weighted by atomic mass is 16.3. The van der Waals surface area contributed by atoms with Gasteiger partial charge in [-0.15, -0.1) is 0 Å². The van der Waals surface area contributed by atoms with Crippen molar-refractivity contribution in [3.8, 4) is 5.75 Å². The monoisotopic (exact) mass is 194 g/mol. The van der Waals surface area contributed by atoms with Crippen molar-refractivity contribution in [2.24, 2.45) is 5.73 Å². The second kappa shape index (κ2) is 4.62. The summed E-state index contributed by atoms with van der Waals surface area (Å²) in [6.07, 6.45) is 0. The summed E-state index contributed by atoms with van der Waals surface area (Å²) in [5.41, 5.74) is 6.37. The second-order valence-electron chi connectivity index (χ2n) is 2.96. The average molecular weight is 194 g/mol. The molecule has 1 aromatic carbocycles. The Kier molecular flexibility index (Phi) is 3.48. The molecule has 0 aromatic heterocycles. The van der Waals surface area contributed by atoms with E-state index in [2.05, 4.69) is 5.32 Å². The fourth-order valence-electron chi connectivity index (χ4n) is 1.12. The molecule has 76 valence electrons. The Hall–Kier alpha value is -1.55. The van der Waals surface area contributed by atoms with Crippen molar-refractivity contribution in [3.05, 3.63) is 29.8 Å². The number of carbonyl (C=O) groups is 1. The fraction of sp³-hybridized carbons (Fsp3) is 0.300. The summed E-state index contributed by atoms with van der Waals surface area (Å²) in [4.78, 5) is 11.3. The van der Waals surface area contributed by atoms with Crippen molar-refractivity contribution in [3.63, 3.8) is 0 Å². The van der Waals surface area contributed by atoms with Crippen molar-refractivity contribution >= 4 is 5.91 Å². The maximum atomic E-state index is 11.3. The zero-order chi connectivity index (χ0) is 10.6. The SMILES string of the molecule is CCNC(=O)C(N)c1ccc(O)cc1. The van der Waals surface area contributed by atoms with E-state index in [4.69, 9.17) is 10.8 Å². The molecule has 0 heterocycles. The number of hydrogen-bond donors (Lipinski definition) is 3. The molecule has 1 aromatic rings. The van der Waals surface area contributed by atoms with Crippen molar-refractivity contribution in [1.82, 2.24) is 5.32 Å². The molecule has 0 aliphatic rings. The molecular formula is C10H14N2O2. The third kappa shape index (κ3) is 2.47. The third-order valence-electron chi connectivity index (χ3n) is 1.89. The number of nitrogens with two attached hydrogens (primary N) is 1. The predicted molar refractivity (Wildman–Crippen MR) is 53.7 cm³/mol. The van der Waals surface area contributed by atoms with Crippen LogP contribution >= 0.6 is 0 Å². The van der Waals surface area contributed by atoms with Crippen LogP contribution in [0, 0.1) is 0 Å². The second-order valence-corrected chi connectivity index (χ2v) is 2.96. The zero-order valence-electron chi connectivity index (χ0n) is 8.03. The standard InChI is InChI=1S/C10H14N2O2/c1-2-12-10(14)9(11)7-3-5-8(13)6-4-7/h3-6,9,13H,2,11H2,1H3,(H,12,14). The first kappa shape index (κ1) is 10.5. The Labute approximate surface area is 82.7 Å². The van der Waals surface area contributed by atoms with Crippen LogP contribution in [0.3, 0.4) is 0 Å². The maximum absolute atomic E-state index is 11.3. The third-order valence-corrected chi connectivity index (χ3v) is 1.89. The summed E-state index contributed by atoms with van der Waals surface area (Å²) < 4.78 is 0. The summed E-state index contributed by atoms with van der Waals surface area (Å²) in [5, 5.41) is 11.7. The maximum Gasteiger partial charge on any atom is 0.241 e. The van der Waals surface area contributed by atoms with Gasteiger partial charge in [0.2, 0.25) is 5.91 Å². The zero-order valence-corrected chi connectivity index (χ0v) is 8.03. The molecule has 1 unspecified atom stereocenters. The van der Waals surface area contributed by atoms with Crippen LogP contribution in [-0.2, 0) is 4.79 Å². The van der Waals surface area contributed by atoms with E-state index in [0.29, 0.717) is 12.1 Å². The summed E-state index contributed by atoms with van der Waals surface area (Å²) in [6, 6.07) is 5.61. The van der Waals surface area contributed by atoms with Crippen molar-refractivity contribution < 1.29 is 9.90 Å². The molecule has 0 fully saturated rings. The molecule has 0 saturated carbocycles. The molecule has 0 radical (unpaired) electrons. The van der Waals surface area contributed by atoms with E-state index in [-0.39, 0.29) is 11.7 Å². The predicted octanol–water partition coefficient (Wildman–Crippen LogP) is 0.528. The van der Waals surface area contributed by atoms with Crippen molar-refractivity contribution in [2.45, 2.75) is 13.0 Å². The number of likely N-dealkylation sites (N-methyl/N-ethyl adjacent to an activating group) is 1. The van der Waals surface area contributed by atoms with Gasteiger partial charge in [0.25, 0.3) is 0 Å². The summed E-state index contributed by atoms with van der Waals surface area (Å²) >= 11 is 0. The smallest absolute Gasteiger partial charge is 0.241 e. The van der Waals surface area contributed by atoms with Crippen LogP contribution in [0.5, 0.6) is 5.75 Å². The molecule has 1 atom stereocenters. The molecule has 1 amide bonds. The minimum atomic E-state index is -0.671. The Morgan fingerprint density at radius 3 is 2.57 bits per heavy atom. The van der Waals surface area contributed by atoms with Gasteiger partial charge in [0.15, 0.2) is 0 Å². The van der Waals surface area contributed by atoms with Gasteiger partial charge in [0, 0.05) is 6.54 Å². The van der Waals surface area contributed by atoms with Gasteiger partial charge in [-0.05, 0) is 24.6 Å². The number of aromatic hydroxyl groups is 1. The number of hydrogen-bond acceptors (Lipinski definition) is 3. The van der Waals surface area contributed by atoms with Gasteiger partial charge < -0.3 is 16.2 Å². The molecular weight excluding hydrogens is 180 g/mol. The van der Waals surface area contributed by atoms with Crippen LogP contribution in [0.2, 0.25) is 0 Å². The number of benzene rings is 1. The fourth-order valence-corrected chi connectivity index (χ4v) is 1.12. The lowest BCUT2D eigenvalue weighted by Gasteiger charge is -2.11. The highest BCUT2D eigenvalue weighted by molar-refractivity contribution is 5.82. The molecule has 0 aliphatic heterocycles. The molecule has 0 bridgehead atoms. The number of phenolic OH excluding ortho intramolecular Hbond substituents is 1.